The Morgan fingerprint density at radius 3 is 2.29 bits per heavy atom. The van der Waals surface area contributed by atoms with Crippen LogP contribution < -0.4 is 16.1 Å². The number of aromatic nitrogens is 4. The van der Waals surface area contributed by atoms with E-state index in [1.165, 1.54) is 9.47 Å². The van der Waals surface area contributed by atoms with E-state index >= 15 is 0 Å². The van der Waals surface area contributed by atoms with Gasteiger partial charge in [-0.2, -0.15) is 0 Å². The normalized spacial score (nSPS) is 14.0. The van der Waals surface area contributed by atoms with Crippen LogP contribution in [0.15, 0.2) is 76.6 Å². The Bertz CT molecular complexity index is 1430. The number of fused-ring (bicyclic) bond motifs is 1. The predicted octanol–water partition coefficient (Wildman–Crippen LogP) is 3.19. The summed E-state index contributed by atoms with van der Waals surface area (Å²) in [4.78, 5) is 46.2. The molecular weight excluding hydrogens is 430 g/mol. The van der Waals surface area contributed by atoms with E-state index in [1.54, 1.807) is 13.4 Å². The number of likely N-dealkylation sites (N-methyl/N-ethyl adjacent to an activating group) is 1. The maximum absolute atomic E-state index is 13.6. The summed E-state index contributed by atoms with van der Waals surface area (Å²) in [6, 6.07) is 18.9. The molecule has 174 valence electrons. The topological polar surface area (TPSA) is 82.1 Å². The Morgan fingerprint density at radius 2 is 1.62 bits per heavy atom. The lowest BCUT2D eigenvalue weighted by Crippen LogP contribution is -2.45. The van der Waals surface area contributed by atoms with Crippen LogP contribution in [0.1, 0.15) is 37.3 Å². The number of carbonyl (C=O) groups excluding carboxylic acids is 1. The van der Waals surface area contributed by atoms with Crippen molar-refractivity contribution in [2.45, 2.75) is 44.8 Å². The zero-order valence-corrected chi connectivity index (χ0v) is 19.1. The first-order valence-electron chi connectivity index (χ1n) is 11.6. The monoisotopic (exact) mass is 457 g/mol. The molecule has 5 rings (SSSR count). The minimum Gasteiger partial charge on any atom is -0.322 e. The number of anilines is 1. The van der Waals surface area contributed by atoms with Crippen molar-refractivity contribution in [3.8, 4) is 0 Å². The standard InChI is InChI=1S/C26H27N5O3/c1-28(20-12-6-3-7-13-20)22(32)17-30-25(33)23-24(27-18-31(23)21-14-8-9-15-21)29(26(30)34)16-19-10-4-2-5-11-19/h2-7,10-13,18,21H,8-9,14-17H2,1H3. The third kappa shape index (κ3) is 3.96. The molecule has 0 spiro atoms. The number of nitrogens with zero attached hydrogens (tertiary/aromatic N) is 5. The number of carbonyl (C=O) groups is 1. The maximum atomic E-state index is 13.6. The molecule has 1 aliphatic rings. The van der Waals surface area contributed by atoms with Crippen LogP contribution in [0.5, 0.6) is 0 Å². The van der Waals surface area contributed by atoms with Crippen LogP contribution in [0.4, 0.5) is 5.69 Å². The largest absolute Gasteiger partial charge is 0.333 e. The van der Waals surface area contributed by atoms with E-state index < -0.39 is 11.2 Å². The van der Waals surface area contributed by atoms with Gasteiger partial charge in [0.1, 0.15) is 6.54 Å². The molecule has 34 heavy (non-hydrogen) atoms. The Morgan fingerprint density at radius 1 is 0.971 bits per heavy atom. The number of imidazole rings is 1. The molecule has 2 aromatic carbocycles. The van der Waals surface area contributed by atoms with E-state index in [0.29, 0.717) is 16.9 Å². The Kier molecular flexibility index (Phi) is 5.88. The van der Waals surface area contributed by atoms with Gasteiger partial charge in [0.05, 0.1) is 12.9 Å². The molecule has 0 unspecified atom stereocenters. The molecule has 0 saturated heterocycles. The lowest BCUT2D eigenvalue weighted by atomic mass is 10.2. The minimum absolute atomic E-state index is 0.177. The lowest BCUT2D eigenvalue weighted by Gasteiger charge is -2.19. The molecule has 0 aliphatic heterocycles. The van der Waals surface area contributed by atoms with Crippen molar-refractivity contribution < 1.29 is 4.79 Å². The van der Waals surface area contributed by atoms with Gasteiger partial charge < -0.3 is 9.47 Å². The van der Waals surface area contributed by atoms with Crippen LogP contribution >= 0.6 is 0 Å². The summed E-state index contributed by atoms with van der Waals surface area (Å²) < 4.78 is 4.47. The average molecular weight is 458 g/mol. The number of hydrogen-bond donors (Lipinski definition) is 0. The first-order chi connectivity index (χ1) is 16.5. The van der Waals surface area contributed by atoms with Gasteiger partial charge in [-0.3, -0.25) is 14.2 Å². The van der Waals surface area contributed by atoms with E-state index in [-0.39, 0.29) is 25.0 Å². The Labute approximate surface area is 196 Å². The fourth-order valence-electron chi connectivity index (χ4n) is 4.75. The summed E-state index contributed by atoms with van der Waals surface area (Å²) in [5.74, 6) is -0.344. The van der Waals surface area contributed by atoms with Gasteiger partial charge in [0.2, 0.25) is 5.91 Å². The molecule has 0 bridgehead atoms. The van der Waals surface area contributed by atoms with Crippen LogP contribution in [0.3, 0.4) is 0 Å². The van der Waals surface area contributed by atoms with E-state index in [2.05, 4.69) is 4.98 Å². The first-order valence-corrected chi connectivity index (χ1v) is 11.6. The molecule has 1 fully saturated rings. The molecule has 0 N–H and O–H groups in total. The van der Waals surface area contributed by atoms with Gasteiger partial charge in [-0.15, -0.1) is 0 Å². The van der Waals surface area contributed by atoms with E-state index in [4.69, 9.17) is 0 Å². The van der Waals surface area contributed by atoms with Crippen molar-refractivity contribution in [1.29, 1.82) is 0 Å². The highest BCUT2D eigenvalue weighted by molar-refractivity contribution is 5.92. The molecule has 4 aromatic rings. The average Bonchev–Trinajstić information content (AvgIpc) is 3.55. The number of rotatable bonds is 6. The zero-order chi connectivity index (χ0) is 23.7. The third-order valence-electron chi connectivity index (χ3n) is 6.65. The molecule has 1 saturated carbocycles. The van der Waals surface area contributed by atoms with Crippen LogP contribution in [0, 0.1) is 0 Å². The summed E-state index contributed by atoms with van der Waals surface area (Å²) in [5.41, 5.74) is 1.36. The van der Waals surface area contributed by atoms with Crippen molar-refractivity contribution in [3.63, 3.8) is 0 Å². The minimum atomic E-state index is -0.534. The van der Waals surface area contributed by atoms with Gasteiger partial charge in [-0.05, 0) is 30.5 Å². The van der Waals surface area contributed by atoms with Crippen molar-refractivity contribution in [2.24, 2.45) is 0 Å². The van der Waals surface area contributed by atoms with Crippen LogP contribution in [-0.2, 0) is 17.9 Å². The van der Waals surface area contributed by atoms with Crippen molar-refractivity contribution in [3.05, 3.63) is 93.4 Å². The second-order valence-corrected chi connectivity index (χ2v) is 8.80. The highest BCUT2D eigenvalue weighted by atomic mass is 16.2. The van der Waals surface area contributed by atoms with E-state index in [0.717, 1.165) is 35.8 Å². The number of amides is 1. The zero-order valence-electron chi connectivity index (χ0n) is 19.1. The maximum Gasteiger partial charge on any atom is 0.333 e. The quantitative estimate of drug-likeness (QED) is 0.445. The van der Waals surface area contributed by atoms with Gasteiger partial charge in [0, 0.05) is 18.8 Å². The second-order valence-electron chi connectivity index (χ2n) is 8.80. The van der Waals surface area contributed by atoms with Gasteiger partial charge in [0.15, 0.2) is 11.2 Å². The number of benzene rings is 2. The van der Waals surface area contributed by atoms with Gasteiger partial charge in [-0.25, -0.2) is 14.3 Å². The van der Waals surface area contributed by atoms with Crippen molar-refractivity contribution in [1.82, 2.24) is 18.7 Å². The summed E-state index contributed by atoms with van der Waals surface area (Å²) in [7, 11) is 1.65. The van der Waals surface area contributed by atoms with Crippen molar-refractivity contribution >= 4 is 22.8 Å². The molecule has 1 aliphatic carbocycles. The number of hydrogen-bond acceptors (Lipinski definition) is 4. The molecule has 1 amide bonds. The SMILES string of the molecule is CN(C(=O)Cn1c(=O)c2c(ncn2C2CCCC2)n(Cc2ccccc2)c1=O)c1ccccc1. The first kappa shape index (κ1) is 21.9. The highest BCUT2D eigenvalue weighted by Crippen LogP contribution is 2.31. The fourth-order valence-corrected chi connectivity index (χ4v) is 4.75. The fraction of sp³-hybridized carbons (Fsp3) is 0.308. The molecule has 8 nitrogen and oxygen atoms in total. The van der Waals surface area contributed by atoms with E-state index in [1.807, 2.05) is 65.2 Å². The molecule has 2 heterocycles. The molecular formula is C26H27N5O3. The van der Waals surface area contributed by atoms with Crippen molar-refractivity contribution in [2.75, 3.05) is 11.9 Å². The Balaban J connectivity index is 1.63. The lowest BCUT2D eigenvalue weighted by molar-refractivity contribution is -0.119. The summed E-state index contributed by atoms with van der Waals surface area (Å²) in [5, 5.41) is 0. The smallest absolute Gasteiger partial charge is 0.322 e. The van der Waals surface area contributed by atoms with Gasteiger partial charge in [-0.1, -0.05) is 61.4 Å². The van der Waals surface area contributed by atoms with E-state index in [9.17, 15) is 14.4 Å². The molecule has 2 aromatic heterocycles. The molecule has 0 radical (unpaired) electrons. The summed E-state index contributed by atoms with van der Waals surface area (Å²) in [6.07, 6.45) is 5.81. The predicted molar refractivity (Wildman–Crippen MR) is 131 cm³/mol. The van der Waals surface area contributed by atoms with Gasteiger partial charge in [0.25, 0.3) is 5.56 Å². The molecule has 0 atom stereocenters. The van der Waals surface area contributed by atoms with Crippen LogP contribution in [0.25, 0.3) is 11.2 Å². The summed E-state index contributed by atoms with van der Waals surface area (Å²) >= 11 is 0. The third-order valence-corrected chi connectivity index (χ3v) is 6.65. The Hall–Kier alpha value is -3.94. The molecule has 8 heteroatoms. The second kappa shape index (κ2) is 9.13. The van der Waals surface area contributed by atoms with Crippen LogP contribution in [-0.4, -0.2) is 31.6 Å². The summed E-state index contributed by atoms with van der Waals surface area (Å²) in [6.45, 7) is -0.0789. The van der Waals surface area contributed by atoms with Crippen LogP contribution in [0.2, 0.25) is 0 Å². The highest BCUT2D eigenvalue weighted by Gasteiger charge is 2.25. The van der Waals surface area contributed by atoms with Gasteiger partial charge >= 0.3 is 5.69 Å². The number of para-hydroxylation sites is 1.